The van der Waals surface area contributed by atoms with E-state index < -0.39 is 76.5 Å². The molecule has 1 unspecified atom stereocenters. The summed E-state index contributed by atoms with van der Waals surface area (Å²) in [4.78, 5) is 84.3. The lowest BCUT2D eigenvalue weighted by molar-refractivity contribution is -0.146. The van der Waals surface area contributed by atoms with Crippen LogP contribution in [0.15, 0.2) is 83.5 Å². The summed E-state index contributed by atoms with van der Waals surface area (Å²) in [6.45, 7) is 3.39. The van der Waals surface area contributed by atoms with E-state index in [0.717, 1.165) is 5.56 Å². The number of hydrogen-bond acceptors (Lipinski definition) is 8. The summed E-state index contributed by atoms with van der Waals surface area (Å²) in [6, 6.07) is 17.5. The number of imide groups is 1. The van der Waals surface area contributed by atoms with Crippen LogP contribution in [0.1, 0.15) is 36.2 Å². The lowest BCUT2D eigenvalue weighted by Gasteiger charge is -2.39. The average molecular weight is 611 g/mol. The molecule has 10 nitrogen and oxygen atoms in total. The molecule has 1 N–H and O–H groups in total. The highest BCUT2D eigenvalue weighted by molar-refractivity contribution is 6.14. The highest BCUT2D eigenvalue weighted by Crippen LogP contribution is 2.60. The van der Waals surface area contributed by atoms with Gasteiger partial charge in [0.25, 0.3) is 5.91 Å². The molecule has 1 aliphatic heterocycles. The Hall–Kier alpha value is -4.86. The molecule has 0 bridgehead atoms. The van der Waals surface area contributed by atoms with E-state index in [1.807, 2.05) is 30.3 Å². The first kappa shape index (κ1) is 30.2. The van der Waals surface area contributed by atoms with Gasteiger partial charge in [0.1, 0.15) is 5.54 Å². The maximum atomic E-state index is 14.6. The lowest BCUT2D eigenvalue weighted by atomic mass is 9.62. The molecule has 2 aromatic carbocycles. The number of fused-ring (bicyclic) bond motifs is 2. The zero-order chi connectivity index (χ0) is 32.2. The molecule has 6 rings (SSSR count). The molecule has 3 aliphatic carbocycles. The first-order valence-electron chi connectivity index (χ1n) is 15.0. The van der Waals surface area contributed by atoms with E-state index in [-0.39, 0.29) is 18.5 Å². The van der Waals surface area contributed by atoms with E-state index in [0.29, 0.717) is 16.7 Å². The van der Waals surface area contributed by atoms with Gasteiger partial charge in [-0.25, -0.2) is 4.79 Å². The summed E-state index contributed by atoms with van der Waals surface area (Å²) in [7, 11) is 2.43. The van der Waals surface area contributed by atoms with Gasteiger partial charge in [0.15, 0.2) is 5.78 Å². The molecular weight excluding hydrogens is 576 g/mol. The first-order valence-corrected chi connectivity index (χ1v) is 15.0. The van der Waals surface area contributed by atoms with Crippen LogP contribution in [0.25, 0.3) is 0 Å². The summed E-state index contributed by atoms with van der Waals surface area (Å²) in [6.07, 6.45) is 1.41. The van der Waals surface area contributed by atoms with Gasteiger partial charge in [0.2, 0.25) is 11.8 Å². The SMILES string of the molecule is COC(=O)C1=C[C@@H](C(=O)OC)C2C3=C(C(=O)[C@@]2(C)NC(=O)c2ccccc2)[C@H](C)[C@@H]2C(=O)N(Cc4ccccc4)C(=O)[C@@H]2[C@@H]3C1. The summed E-state index contributed by atoms with van der Waals surface area (Å²) in [5, 5.41) is 2.91. The number of nitrogens with one attached hydrogen (secondary N) is 1. The van der Waals surface area contributed by atoms with Crippen LogP contribution in [0, 0.1) is 35.5 Å². The van der Waals surface area contributed by atoms with Gasteiger partial charge in [-0.15, -0.1) is 0 Å². The van der Waals surface area contributed by atoms with Gasteiger partial charge in [0, 0.05) is 22.6 Å². The van der Waals surface area contributed by atoms with Crippen molar-refractivity contribution in [2.24, 2.45) is 35.5 Å². The molecule has 3 amide bonds. The Bertz CT molecular complexity index is 1680. The van der Waals surface area contributed by atoms with E-state index >= 15 is 0 Å². The fraction of sp³-hybridized carbons (Fsp3) is 0.371. The normalized spacial score (nSPS) is 30.3. The Morgan fingerprint density at radius 2 is 1.53 bits per heavy atom. The molecule has 10 heteroatoms. The molecule has 2 aromatic rings. The van der Waals surface area contributed by atoms with E-state index in [9.17, 15) is 28.8 Å². The van der Waals surface area contributed by atoms with Gasteiger partial charge in [-0.3, -0.25) is 28.9 Å². The van der Waals surface area contributed by atoms with Crippen molar-refractivity contribution in [1.29, 1.82) is 0 Å². The van der Waals surface area contributed by atoms with Gasteiger partial charge in [-0.1, -0.05) is 67.1 Å². The lowest BCUT2D eigenvalue weighted by Crippen LogP contribution is -2.57. The molecule has 0 spiro atoms. The molecular formula is C35H34N2O8. The highest BCUT2D eigenvalue weighted by Gasteiger charge is 2.67. The van der Waals surface area contributed by atoms with E-state index in [1.54, 1.807) is 44.2 Å². The van der Waals surface area contributed by atoms with Gasteiger partial charge in [0.05, 0.1) is 38.5 Å². The van der Waals surface area contributed by atoms with Gasteiger partial charge < -0.3 is 14.8 Å². The molecule has 1 heterocycles. The van der Waals surface area contributed by atoms with Crippen molar-refractivity contribution in [3.63, 3.8) is 0 Å². The number of carbonyl (C=O) groups excluding carboxylic acids is 6. The van der Waals surface area contributed by atoms with Crippen molar-refractivity contribution >= 4 is 35.4 Å². The van der Waals surface area contributed by atoms with Crippen LogP contribution < -0.4 is 5.32 Å². The van der Waals surface area contributed by atoms with Gasteiger partial charge in [-0.2, -0.15) is 0 Å². The smallest absolute Gasteiger partial charge is 0.333 e. The van der Waals surface area contributed by atoms with Crippen LogP contribution in [-0.4, -0.2) is 60.1 Å². The molecule has 0 aromatic heterocycles. The van der Waals surface area contributed by atoms with Crippen molar-refractivity contribution in [2.75, 3.05) is 14.2 Å². The van der Waals surface area contributed by atoms with Crippen molar-refractivity contribution in [3.05, 3.63) is 94.6 Å². The predicted molar refractivity (Wildman–Crippen MR) is 160 cm³/mol. The summed E-state index contributed by atoms with van der Waals surface area (Å²) in [5.41, 5.74) is 0.403. The van der Waals surface area contributed by atoms with Crippen LogP contribution in [0.2, 0.25) is 0 Å². The number of esters is 2. The van der Waals surface area contributed by atoms with E-state index in [4.69, 9.17) is 9.47 Å². The largest absolute Gasteiger partial charge is 0.469 e. The molecule has 1 saturated heterocycles. The summed E-state index contributed by atoms with van der Waals surface area (Å²) in [5.74, 6) is -8.51. The Morgan fingerprint density at radius 1 is 0.911 bits per heavy atom. The van der Waals surface area contributed by atoms with Crippen LogP contribution in [0.4, 0.5) is 0 Å². The minimum absolute atomic E-state index is 0.0302. The summed E-state index contributed by atoms with van der Waals surface area (Å²) >= 11 is 0. The number of benzene rings is 2. The molecule has 4 aliphatic rings. The Kier molecular flexibility index (Phi) is 7.54. The Balaban J connectivity index is 1.51. The van der Waals surface area contributed by atoms with Crippen LogP contribution in [0.3, 0.4) is 0 Å². The number of ketones is 1. The predicted octanol–water partition coefficient (Wildman–Crippen LogP) is 3.03. The van der Waals surface area contributed by atoms with Crippen molar-refractivity contribution in [1.82, 2.24) is 10.2 Å². The zero-order valence-electron chi connectivity index (χ0n) is 25.4. The maximum Gasteiger partial charge on any atom is 0.333 e. The second-order valence-electron chi connectivity index (χ2n) is 12.3. The topological polar surface area (TPSA) is 136 Å². The van der Waals surface area contributed by atoms with Crippen molar-refractivity contribution in [3.8, 4) is 0 Å². The zero-order valence-corrected chi connectivity index (χ0v) is 25.4. The number of amides is 3. The Labute approximate surface area is 260 Å². The van der Waals surface area contributed by atoms with Crippen LogP contribution >= 0.6 is 0 Å². The molecule has 45 heavy (non-hydrogen) atoms. The van der Waals surface area contributed by atoms with Crippen molar-refractivity contribution in [2.45, 2.75) is 32.4 Å². The van der Waals surface area contributed by atoms with Crippen LogP contribution in [0.5, 0.6) is 0 Å². The number of rotatable bonds is 6. The minimum atomic E-state index is -1.65. The Morgan fingerprint density at radius 3 is 2.16 bits per heavy atom. The first-order chi connectivity index (χ1) is 21.5. The third-order valence-corrected chi connectivity index (χ3v) is 9.99. The molecule has 232 valence electrons. The average Bonchev–Trinajstić information content (AvgIpc) is 3.33. The maximum absolute atomic E-state index is 14.6. The third-order valence-electron chi connectivity index (χ3n) is 9.99. The summed E-state index contributed by atoms with van der Waals surface area (Å²) < 4.78 is 10.2. The number of nitrogens with zero attached hydrogens (tertiary/aromatic N) is 1. The standard InChI is InChI=1S/C35H34N2O8/c1-18-24-26-22(27-25(18)31(40)37(32(27)41)17-19-11-7-5-8-12-19)15-21(33(42)44-3)16-23(34(43)45-4)28(26)35(2,29(24)38)36-30(39)20-13-9-6-10-14-20/h5-14,16,18,22-23,25,27-28H,15,17H2,1-4H3,(H,36,39)/t18-,22+,23+,25-,27+,28?,35-/m0/s1. The second kappa shape index (κ2) is 11.3. The monoisotopic (exact) mass is 610 g/mol. The third kappa shape index (κ3) is 4.62. The number of carbonyl (C=O) groups is 6. The second-order valence-corrected chi connectivity index (χ2v) is 12.3. The molecule has 7 atom stereocenters. The molecule has 0 radical (unpaired) electrons. The number of likely N-dealkylation sites (tertiary alicyclic amines) is 1. The van der Waals surface area contributed by atoms with E-state index in [2.05, 4.69) is 5.32 Å². The van der Waals surface area contributed by atoms with E-state index in [1.165, 1.54) is 25.2 Å². The van der Waals surface area contributed by atoms with Gasteiger partial charge in [-0.05, 0) is 42.9 Å². The molecule has 0 saturated carbocycles. The highest BCUT2D eigenvalue weighted by atomic mass is 16.5. The molecule has 1 fully saturated rings. The number of methoxy groups -OCH3 is 2. The number of Topliss-reactive ketones (excluding diaryl/α,β-unsaturated/α-hetero) is 1. The number of hydrogen-bond donors (Lipinski definition) is 1. The van der Waals surface area contributed by atoms with Crippen LogP contribution in [-0.2, 0) is 40.0 Å². The quantitative estimate of drug-likeness (QED) is 0.390. The minimum Gasteiger partial charge on any atom is -0.469 e. The fourth-order valence-corrected chi connectivity index (χ4v) is 8.01. The fourth-order valence-electron chi connectivity index (χ4n) is 8.01. The number of ether oxygens (including phenoxy) is 2. The van der Waals surface area contributed by atoms with Gasteiger partial charge >= 0.3 is 11.9 Å². The van der Waals surface area contributed by atoms with Crippen molar-refractivity contribution < 1.29 is 38.2 Å².